The Morgan fingerprint density at radius 3 is 2.76 bits per heavy atom. The van der Waals surface area contributed by atoms with Crippen molar-refractivity contribution in [3.05, 3.63) is 48.0 Å². The fourth-order valence-corrected chi connectivity index (χ4v) is 4.42. The number of amides is 1. The predicted octanol–water partition coefficient (Wildman–Crippen LogP) is 3.91. The number of rotatable bonds is 14. The number of hydrogen-bond acceptors (Lipinski definition) is 4. The van der Waals surface area contributed by atoms with Crippen molar-refractivity contribution >= 4 is 23.6 Å². The summed E-state index contributed by atoms with van der Waals surface area (Å²) in [7, 11) is 0. The number of benzene rings is 1. The molecule has 1 heterocycles. The normalized spacial score (nSPS) is 17.9. The van der Waals surface area contributed by atoms with E-state index in [9.17, 15) is 14.7 Å². The van der Waals surface area contributed by atoms with E-state index in [-0.39, 0.29) is 18.4 Å². The Bertz CT molecular complexity index is 650. The number of carbonyl (C=O) groups is 2. The van der Waals surface area contributed by atoms with Crippen molar-refractivity contribution in [2.24, 2.45) is 0 Å². The predicted molar refractivity (Wildman–Crippen MR) is 118 cm³/mol. The van der Waals surface area contributed by atoms with E-state index in [1.54, 1.807) is 11.8 Å². The van der Waals surface area contributed by atoms with Crippen molar-refractivity contribution < 1.29 is 19.8 Å². The van der Waals surface area contributed by atoms with Crippen LogP contribution in [0.2, 0.25) is 0 Å². The number of aliphatic carboxylic acids is 1. The number of thioether (sulfide) groups is 1. The van der Waals surface area contributed by atoms with Crippen molar-refractivity contribution in [1.82, 2.24) is 4.90 Å². The lowest BCUT2D eigenvalue weighted by atomic mass is 10.1. The number of aryl methyl sites for hydroxylation is 1. The molecule has 29 heavy (non-hydrogen) atoms. The molecule has 6 heteroatoms. The van der Waals surface area contributed by atoms with Crippen molar-refractivity contribution in [2.45, 2.75) is 63.5 Å². The average Bonchev–Trinajstić information content (AvgIpc) is 3.07. The van der Waals surface area contributed by atoms with Crippen molar-refractivity contribution in [3.8, 4) is 0 Å². The molecule has 0 aromatic heterocycles. The maximum atomic E-state index is 12.1. The maximum Gasteiger partial charge on any atom is 0.332 e. The van der Waals surface area contributed by atoms with Crippen LogP contribution in [0.5, 0.6) is 0 Å². The van der Waals surface area contributed by atoms with Gasteiger partial charge in [0.1, 0.15) is 0 Å². The van der Waals surface area contributed by atoms with E-state index in [2.05, 4.69) is 36.4 Å². The molecule has 0 bridgehead atoms. The number of allylic oxidation sites excluding steroid dienone is 1. The number of hydrogen-bond donors (Lipinski definition) is 2. The number of carboxylic acids is 1. The number of aliphatic hydroxyl groups excluding tert-OH is 1. The molecule has 1 amide bonds. The molecule has 1 saturated heterocycles. The minimum atomic E-state index is -1.29. The molecule has 1 aliphatic rings. The maximum absolute atomic E-state index is 12.1. The number of carbonyl (C=O) groups excluding carboxylic acids is 1. The molecule has 1 unspecified atom stereocenters. The Morgan fingerprint density at radius 2 is 2.00 bits per heavy atom. The Labute approximate surface area is 178 Å². The summed E-state index contributed by atoms with van der Waals surface area (Å²) in [6.45, 7) is 0.679. The van der Waals surface area contributed by atoms with Gasteiger partial charge in [0.2, 0.25) is 5.91 Å². The van der Waals surface area contributed by atoms with Crippen molar-refractivity contribution in [2.75, 3.05) is 18.1 Å². The molecule has 0 saturated carbocycles. The van der Waals surface area contributed by atoms with Crippen LogP contribution < -0.4 is 0 Å². The molecule has 1 aromatic rings. The SMILES string of the molecule is O=C(O)C(O)CCSCCN1C(=O)CC[C@@H]1C=CCCCCCc1ccccc1. The van der Waals surface area contributed by atoms with E-state index in [4.69, 9.17) is 5.11 Å². The van der Waals surface area contributed by atoms with Gasteiger partial charge >= 0.3 is 5.97 Å². The standard InChI is InChI=1S/C23H33NO4S/c25-21(23(27)28)15-17-29-18-16-24-20(13-14-22(24)26)12-8-3-1-2-5-9-19-10-6-4-7-11-19/h4,6-8,10-12,20-21,25H,1-3,5,9,13-18H2,(H,27,28)/t20-,21?/m0/s1. The molecule has 2 rings (SSSR count). The van der Waals surface area contributed by atoms with Gasteiger partial charge in [-0.25, -0.2) is 4.79 Å². The summed E-state index contributed by atoms with van der Waals surface area (Å²) >= 11 is 1.58. The Balaban J connectivity index is 1.58. The zero-order valence-electron chi connectivity index (χ0n) is 17.0. The number of aliphatic hydroxyl groups is 1. The summed E-state index contributed by atoms with van der Waals surface area (Å²) in [6.07, 6.45) is 10.6. The molecule has 1 fully saturated rings. The van der Waals surface area contributed by atoms with Crippen LogP contribution in [0.1, 0.15) is 50.5 Å². The van der Waals surface area contributed by atoms with E-state index >= 15 is 0 Å². The lowest BCUT2D eigenvalue weighted by Gasteiger charge is -2.22. The molecule has 0 radical (unpaired) electrons. The molecule has 2 N–H and O–H groups in total. The number of nitrogens with zero attached hydrogens (tertiary/aromatic N) is 1. The summed E-state index contributed by atoms with van der Waals surface area (Å²) in [5.74, 6) is 0.375. The van der Waals surface area contributed by atoms with Gasteiger partial charge < -0.3 is 15.1 Å². The van der Waals surface area contributed by atoms with Crippen LogP contribution >= 0.6 is 11.8 Å². The lowest BCUT2D eigenvalue weighted by molar-refractivity contribution is -0.146. The van der Waals surface area contributed by atoms with Gasteiger partial charge in [-0.15, -0.1) is 0 Å². The Kier molecular flexibility index (Phi) is 10.9. The molecule has 0 aliphatic carbocycles. The van der Waals surface area contributed by atoms with Gasteiger partial charge in [-0.1, -0.05) is 48.9 Å². The first-order chi connectivity index (χ1) is 14.1. The average molecular weight is 420 g/mol. The zero-order chi connectivity index (χ0) is 20.9. The number of carboxylic acid groups (broad SMARTS) is 1. The zero-order valence-corrected chi connectivity index (χ0v) is 17.9. The van der Waals surface area contributed by atoms with Crippen LogP contribution in [-0.4, -0.2) is 57.2 Å². The Hall–Kier alpha value is -1.79. The largest absolute Gasteiger partial charge is 0.479 e. The van der Waals surface area contributed by atoms with E-state index < -0.39 is 12.1 Å². The first kappa shape index (κ1) is 23.5. The van der Waals surface area contributed by atoms with Gasteiger partial charge in [0.05, 0.1) is 6.04 Å². The summed E-state index contributed by atoms with van der Waals surface area (Å²) in [5, 5.41) is 17.9. The van der Waals surface area contributed by atoms with Crippen LogP contribution in [0.3, 0.4) is 0 Å². The van der Waals surface area contributed by atoms with Gasteiger partial charge in [0.25, 0.3) is 0 Å². The van der Waals surface area contributed by atoms with Gasteiger partial charge in [0.15, 0.2) is 6.10 Å². The first-order valence-electron chi connectivity index (χ1n) is 10.6. The second-order valence-corrected chi connectivity index (χ2v) is 8.69. The Morgan fingerprint density at radius 1 is 1.21 bits per heavy atom. The molecule has 0 spiro atoms. The van der Waals surface area contributed by atoms with Crippen LogP contribution in [0.4, 0.5) is 0 Å². The minimum Gasteiger partial charge on any atom is -0.479 e. The first-order valence-corrected chi connectivity index (χ1v) is 11.7. The summed E-state index contributed by atoms with van der Waals surface area (Å²) in [5.41, 5.74) is 1.40. The van der Waals surface area contributed by atoms with E-state index in [0.29, 0.717) is 18.7 Å². The molecule has 160 valence electrons. The minimum absolute atomic E-state index is 0.192. The van der Waals surface area contributed by atoms with Gasteiger partial charge in [-0.05, 0) is 49.8 Å². The van der Waals surface area contributed by atoms with Crippen LogP contribution in [0, 0.1) is 0 Å². The number of likely N-dealkylation sites (tertiary alicyclic amines) is 1. The van der Waals surface area contributed by atoms with Gasteiger partial charge in [0, 0.05) is 18.7 Å². The van der Waals surface area contributed by atoms with Crippen molar-refractivity contribution in [1.29, 1.82) is 0 Å². The third-order valence-electron chi connectivity index (χ3n) is 5.21. The fraction of sp³-hybridized carbons (Fsp3) is 0.565. The highest BCUT2D eigenvalue weighted by atomic mass is 32.2. The molecule has 1 aromatic carbocycles. The topological polar surface area (TPSA) is 77.8 Å². The van der Waals surface area contributed by atoms with Crippen LogP contribution in [0.15, 0.2) is 42.5 Å². The molecule has 2 atom stereocenters. The van der Waals surface area contributed by atoms with Crippen molar-refractivity contribution in [3.63, 3.8) is 0 Å². The quantitative estimate of drug-likeness (QED) is 0.353. The summed E-state index contributed by atoms with van der Waals surface area (Å²) in [6, 6.07) is 10.8. The molecular formula is C23H33NO4S. The third kappa shape index (κ3) is 9.05. The summed E-state index contributed by atoms with van der Waals surface area (Å²) in [4.78, 5) is 24.6. The smallest absolute Gasteiger partial charge is 0.332 e. The fourth-order valence-electron chi connectivity index (χ4n) is 3.50. The van der Waals surface area contributed by atoms with Gasteiger partial charge in [-0.3, -0.25) is 4.79 Å². The second-order valence-electron chi connectivity index (χ2n) is 7.46. The number of unbranched alkanes of at least 4 members (excludes halogenated alkanes) is 3. The molecular weight excluding hydrogens is 386 g/mol. The monoisotopic (exact) mass is 419 g/mol. The molecule has 1 aliphatic heterocycles. The molecule has 5 nitrogen and oxygen atoms in total. The highest BCUT2D eigenvalue weighted by Gasteiger charge is 2.28. The van der Waals surface area contributed by atoms with E-state index in [1.165, 1.54) is 24.8 Å². The van der Waals surface area contributed by atoms with Crippen LogP contribution in [-0.2, 0) is 16.0 Å². The van der Waals surface area contributed by atoms with E-state index in [0.717, 1.165) is 25.0 Å². The van der Waals surface area contributed by atoms with Crippen LogP contribution in [0.25, 0.3) is 0 Å². The summed E-state index contributed by atoms with van der Waals surface area (Å²) < 4.78 is 0. The highest BCUT2D eigenvalue weighted by molar-refractivity contribution is 7.99. The lowest BCUT2D eigenvalue weighted by Crippen LogP contribution is -2.33. The second kappa shape index (κ2) is 13.4. The van der Waals surface area contributed by atoms with Gasteiger partial charge in [-0.2, -0.15) is 11.8 Å². The third-order valence-corrected chi connectivity index (χ3v) is 6.20. The van der Waals surface area contributed by atoms with E-state index in [1.807, 2.05) is 11.0 Å². The highest BCUT2D eigenvalue weighted by Crippen LogP contribution is 2.21.